The van der Waals surface area contributed by atoms with Crippen LogP contribution >= 0.6 is 0 Å². The van der Waals surface area contributed by atoms with E-state index in [4.69, 9.17) is 9.47 Å². The van der Waals surface area contributed by atoms with E-state index in [0.29, 0.717) is 25.9 Å². The first-order valence-corrected chi connectivity index (χ1v) is 12.2. The summed E-state index contributed by atoms with van der Waals surface area (Å²) in [6.45, 7) is 7.42. The molecule has 0 aromatic rings. The lowest BCUT2D eigenvalue weighted by Gasteiger charge is -2.59. The van der Waals surface area contributed by atoms with Crippen LogP contribution in [0.5, 0.6) is 0 Å². The number of carbonyl (C=O) groups excluding carboxylic acids is 3. The van der Waals surface area contributed by atoms with Crippen molar-refractivity contribution >= 4 is 17.5 Å². The number of ketones is 2. The molecule has 0 bridgehead atoms. The first kappa shape index (κ1) is 24.1. The summed E-state index contributed by atoms with van der Waals surface area (Å²) in [6.07, 6.45) is 6.33. The van der Waals surface area contributed by atoms with Crippen LogP contribution in [0.4, 0.5) is 0 Å². The highest BCUT2D eigenvalue weighted by Crippen LogP contribution is 2.69. The van der Waals surface area contributed by atoms with Gasteiger partial charge in [-0.3, -0.25) is 9.59 Å². The molecule has 2 N–H and O–H groups in total. The molecule has 182 valence electrons. The van der Waals surface area contributed by atoms with Gasteiger partial charge in [-0.2, -0.15) is 0 Å². The number of aliphatic hydroxyl groups excluding tert-OH is 2. The van der Waals surface area contributed by atoms with E-state index in [0.717, 1.165) is 18.4 Å². The Morgan fingerprint density at radius 1 is 1.15 bits per heavy atom. The molecule has 4 rings (SSSR count). The Morgan fingerprint density at radius 2 is 1.85 bits per heavy atom. The Bertz CT molecular complexity index is 920. The van der Waals surface area contributed by atoms with Crippen LogP contribution in [0.1, 0.15) is 59.8 Å². The molecule has 0 amide bonds. The fourth-order valence-corrected chi connectivity index (χ4v) is 7.92. The number of rotatable bonds is 6. The normalized spacial score (nSPS) is 41.9. The number of Topliss-reactive ketones (excluding diaryl/α,β-unsaturated/α-hetero) is 1. The summed E-state index contributed by atoms with van der Waals surface area (Å²) in [6, 6.07) is 0. The second kappa shape index (κ2) is 8.35. The summed E-state index contributed by atoms with van der Waals surface area (Å²) < 4.78 is 11.1. The van der Waals surface area contributed by atoms with Gasteiger partial charge in [0.25, 0.3) is 0 Å². The summed E-state index contributed by atoms with van der Waals surface area (Å²) in [5.74, 6) is -0.527. The molecular formula is C26H36O7. The second-order valence-corrected chi connectivity index (χ2v) is 10.8. The summed E-state index contributed by atoms with van der Waals surface area (Å²) in [5.41, 5.74) is -1.59. The molecule has 4 aliphatic carbocycles. The first-order valence-electron chi connectivity index (χ1n) is 12.2. The molecule has 3 saturated carbocycles. The van der Waals surface area contributed by atoms with Gasteiger partial charge in [-0.25, -0.2) is 4.79 Å². The van der Waals surface area contributed by atoms with Crippen LogP contribution in [0.3, 0.4) is 0 Å². The molecule has 33 heavy (non-hydrogen) atoms. The van der Waals surface area contributed by atoms with Crippen LogP contribution in [0.15, 0.2) is 23.5 Å². The van der Waals surface area contributed by atoms with Crippen molar-refractivity contribution in [2.75, 3.05) is 19.8 Å². The highest BCUT2D eigenvalue weighted by atomic mass is 16.6. The van der Waals surface area contributed by atoms with E-state index < -0.39 is 34.8 Å². The van der Waals surface area contributed by atoms with Gasteiger partial charge in [0.2, 0.25) is 5.78 Å². The number of esters is 1. The van der Waals surface area contributed by atoms with Gasteiger partial charge >= 0.3 is 5.97 Å². The number of carbonyl (C=O) groups is 3. The Labute approximate surface area is 195 Å². The Hall–Kier alpha value is -1.99. The Kier molecular flexibility index (Phi) is 6.11. The smallest absolute Gasteiger partial charge is 0.333 e. The maximum absolute atomic E-state index is 13.1. The number of fused-ring (bicyclic) bond motifs is 5. The topological polar surface area (TPSA) is 110 Å². The number of aliphatic hydroxyl groups is 2. The van der Waals surface area contributed by atoms with Crippen LogP contribution in [0.25, 0.3) is 0 Å². The zero-order valence-corrected chi connectivity index (χ0v) is 20.1. The quantitative estimate of drug-likeness (QED) is 0.585. The fraction of sp³-hybridized carbons (Fsp3) is 0.731. The fourth-order valence-electron chi connectivity index (χ4n) is 7.92. The van der Waals surface area contributed by atoms with E-state index in [9.17, 15) is 24.6 Å². The molecule has 0 aromatic heterocycles. The minimum Gasteiger partial charge on any atom is -0.511 e. The zero-order valence-electron chi connectivity index (χ0n) is 20.1. The molecule has 0 saturated heterocycles. The Morgan fingerprint density at radius 3 is 2.52 bits per heavy atom. The van der Waals surface area contributed by atoms with Crippen molar-refractivity contribution in [1.82, 2.24) is 0 Å². The number of allylic oxidation sites excluding steroid dienone is 3. The van der Waals surface area contributed by atoms with Crippen LogP contribution < -0.4 is 0 Å². The summed E-state index contributed by atoms with van der Waals surface area (Å²) in [5, 5.41) is 20.8. The van der Waals surface area contributed by atoms with Crippen molar-refractivity contribution in [3.05, 3.63) is 23.5 Å². The van der Waals surface area contributed by atoms with Gasteiger partial charge < -0.3 is 19.7 Å². The van der Waals surface area contributed by atoms with Gasteiger partial charge in [-0.1, -0.05) is 13.8 Å². The van der Waals surface area contributed by atoms with Gasteiger partial charge in [0.1, 0.15) is 19.0 Å². The van der Waals surface area contributed by atoms with Crippen LogP contribution in [0.2, 0.25) is 0 Å². The van der Waals surface area contributed by atoms with Crippen molar-refractivity contribution in [2.24, 2.45) is 34.5 Å². The highest BCUT2D eigenvalue weighted by molar-refractivity contribution is 6.01. The summed E-state index contributed by atoms with van der Waals surface area (Å²) in [4.78, 5) is 37.9. The van der Waals surface area contributed by atoms with E-state index in [1.807, 2.05) is 13.8 Å². The SMILES string of the molecule is CCOCC(=O)O[C@]1(C(=O)CO)CC[C@H]2[C@@H]3CC(C)C4=CC(=O)C=C(O)[C@]4(C)[C@H]3CC[C@@]21C. The van der Waals surface area contributed by atoms with Gasteiger partial charge in [0.15, 0.2) is 11.4 Å². The Balaban J connectivity index is 1.71. The second-order valence-electron chi connectivity index (χ2n) is 10.8. The minimum absolute atomic E-state index is 0.0953. The minimum atomic E-state index is -1.37. The maximum atomic E-state index is 13.1. The molecule has 0 radical (unpaired) electrons. The van der Waals surface area contributed by atoms with E-state index in [2.05, 4.69) is 6.92 Å². The molecule has 0 spiro atoms. The van der Waals surface area contributed by atoms with E-state index in [1.165, 1.54) is 6.08 Å². The number of ether oxygens (including phenoxy) is 2. The van der Waals surface area contributed by atoms with Crippen LogP contribution in [-0.4, -0.2) is 53.2 Å². The standard InChI is InChI=1S/C26H36O7/c1-5-32-14-23(31)33-26(22(30)13-27)9-7-18-17-10-15(2)20-11-16(28)12-21(29)25(20,4)19(17)6-8-24(18,26)3/h11-12,15,17-19,27,29H,5-10,13-14H2,1-4H3/t15?,17-,18-,19-,24-,25+,26-/m0/s1. The van der Waals surface area contributed by atoms with Crippen molar-refractivity contribution in [3.8, 4) is 0 Å². The summed E-state index contributed by atoms with van der Waals surface area (Å²) in [7, 11) is 0. The predicted molar refractivity (Wildman–Crippen MR) is 120 cm³/mol. The largest absolute Gasteiger partial charge is 0.511 e. The van der Waals surface area contributed by atoms with Gasteiger partial charge in [-0.05, 0) is 81.3 Å². The molecule has 7 heteroatoms. The lowest BCUT2D eigenvalue weighted by atomic mass is 9.45. The highest BCUT2D eigenvalue weighted by Gasteiger charge is 2.69. The molecule has 0 aliphatic heterocycles. The molecule has 0 aromatic carbocycles. The molecule has 7 atom stereocenters. The molecule has 1 unspecified atom stereocenters. The van der Waals surface area contributed by atoms with Crippen molar-refractivity contribution < 1.29 is 34.1 Å². The molecule has 0 heterocycles. The van der Waals surface area contributed by atoms with Crippen molar-refractivity contribution in [3.63, 3.8) is 0 Å². The van der Waals surface area contributed by atoms with E-state index in [-0.39, 0.29) is 41.8 Å². The molecule has 3 fully saturated rings. The number of hydrogen-bond donors (Lipinski definition) is 2. The van der Waals surface area contributed by atoms with Gasteiger partial charge in [0.05, 0.1) is 0 Å². The molecular weight excluding hydrogens is 424 g/mol. The monoisotopic (exact) mass is 460 g/mol. The number of hydrogen-bond acceptors (Lipinski definition) is 7. The molecule has 7 nitrogen and oxygen atoms in total. The van der Waals surface area contributed by atoms with Crippen LogP contribution in [-0.2, 0) is 23.9 Å². The maximum Gasteiger partial charge on any atom is 0.333 e. The predicted octanol–water partition coefficient (Wildman–Crippen LogP) is 3.31. The van der Waals surface area contributed by atoms with Gasteiger partial charge in [-0.15, -0.1) is 0 Å². The van der Waals surface area contributed by atoms with E-state index in [1.54, 1.807) is 13.0 Å². The van der Waals surface area contributed by atoms with Crippen molar-refractivity contribution in [1.29, 1.82) is 0 Å². The van der Waals surface area contributed by atoms with Crippen molar-refractivity contribution in [2.45, 2.75) is 65.4 Å². The zero-order chi connectivity index (χ0) is 24.2. The average molecular weight is 461 g/mol. The average Bonchev–Trinajstić information content (AvgIpc) is 3.07. The lowest BCUT2D eigenvalue weighted by Crippen LogP contribution is -2.60. The third kappa shape index (κ3) is 3.34. The van der Waals surface area contributed by atoms with E-state index >= 15 is 0 Å². The third-order valence-electron chi connectivity index (χ3n) is 9.47. The third-order valence-corrected chi connectivity index (χ3v) is 9.47. The molecule has 4 aliphatic rings. The lowest BCUT2D eigenvalue weighted by molar-refractivity contribution is -0.194. The first-order chi connectivity index (χ1) is 15.5. The summed E-state index contributed by atoms with van der Waals surface area (Å²) >= 11 is 0. The van der Waals surface area contributed by atoms with Gasteiger partial charge in [0, 0.05) is 23.5 Å². The van der Waals surface area contributed by atoms with Crippen LogP contribution in [0, 0.1) is 34.5 Å².